The molecule has 0 atom stereocenters. The van der Waals surface area contributed by atoms with Crippen LogP contribution in [0.5, 0.6) is 0 Å². The average Bonchev–Trinajstić information content (AvgIpc) is 2.71. The Labute approximate surface area is 97.8 Å². The predicted octanol–water partition coefficient (Wildman–Crippen LogP) is 3.07. The van der Waals surface area contributed by atoms with Gasteiger partial charge in [0.25, 0.3) is 0 Å². The first-order valence-corrected chi connectivity index (χ1v) is 6.35. The molecule has 3 rings (SSSR count). The Balaban J connectivity index is 1.90. The largest absolute Gasteiger partial charge is 0.304 e. The number of allylic oxidation sites excluding steroid dienone is 1. The summed E-state index contributed by atoms with van der Waals surface area (Å²) in [6, 6.07) is 8.88. The SMILES string of the molecule is CCN1CCC2(C=Cc3ccccc32)CC1. The van der Waals surface area contributed by atoms with Crippen LogP contribution in [0.25, 0.3) is 6.08 Å². The van der Waals surface area contributed by atoms with Crippen LogP contribution in [0.3, 0.4) is 0 Å². The fourth-order valence-electron chi connectivity index (χ4n) is 3.14. The summed E-state index contributed by atoms with van der Waals surface area (Å²) in [5.74, 6) is 0. The van der Waals surface area contributed by atoms with Crippen LogP contribution in [0.2, 0.25) is 0 Å². The summed E-state index contributed by atoms with van der Waals surface area (Å²) < 4.78 is 0. The number of hydrogen-bond donors (Lipinski definition) is 0. The van der Waals surface area contributed by atoms with Crippen molar-refractivity contribution in [3.05, 3.63) is 41.5 Å². The predicted molar refractivity (Wildman–Crippen MR) is 68.5 cm³/mol. The Morgan fingerprint density at radius 1 is 1.19 bits per heavy atom. The minimum Gasteiger partial charge on any atom is -0.304 e. The lowest BCUT2D eigenvalue weighted by atomic mass is 9.74. The minimum atomic E-state index is 0.363. The van der Waals surface area contributed by atoms with Crippen LogP contribution < -0.4 is 0 Å². The van der Waals surface area contributed by atoms with Gasteiger partial charge in [-0.1, -0.05) is 43.3 Å². The fraction of sp³-hybridized carbons (Fsp3) is 0.467. The van der Waals surface area contributed by atoms with Crippen LogP contribution in [0.15, 0.2) is 30.3 Å². The van der Waals surface area contributed by atoms with E-state index in [9.17, 15) is 0 Å². The van der Waals surface area contributed by atoms with Gasteiger partial charge >= 0.3 is 0 Å². The van der Waals surface area contributed by atoms with Gasteiger partial charge in [-0.2, -0.15) is 0 Å². The van der Waals surface area contributed by atoms with E-state index in [2.05, 4.69) is 48.2 Å². The topological polar surface area (TPSA) is 3.24 Å². The first-order chi connectivity index (χ1) is 7.84. The van der Waals surface area contributed by atoms with Crippen LogP contribution in [0.1, 0.15) is 30.9 Å². The molecule has 0 radical (unpaired) electrons. The van der Waals surface area contributed by atoms with Crippen molar-refractivity contribution in [3.8, 4) is 0 Å². The second-order valence-corrected chi connectivity index (χ2v) is 5.01. The summed E-state index contributed by atoms with van der Waals surface area (Å²) in [4.78, 5) is 2.56. The maximum atomic E-state index is 2.56. The summed E-state index contributed by atoms with van der Waals surface area (Å²) in [6.07, 6.45) is 7.34. The van der Waals surface area contributed by atoms with E-state index in [0.717, 1.165) is 0 Å². The maximum Gasteiger partial charge on any atom is 0.0165 e. The van der Waals surface area contributed by atoms with Gasteiger partial charge in [0.05, 0.1) is 0 Å². The van der Waals surface area contributed by atoms with Gasteiger partial charge in [-0.25, -0.2) is 0 Å². The Morgan fingerprint density at radius 2 is 1.94 bits per heavy atom. The van der Waals surface area contributed by atoms with E-state index in [1.54, 1.807) is 5.56 Å². The molecule has 0 N–H and O–H groups in total. The van der Waals surface area contributed by atoms with Gasteiger partial charge in [-0.15, -0.1) is 0 Å². The van der Waals surface area contributed by atoms with Crippen molar-refractivity contribution in [2.24, 2.45) is 0 Å². The molecule has 0 amide bonds. The number of rotatable bonds is 1. The Hall–Kier alpha value is -1.08. The van der Waals surface area contributed by atoms with Crippen LogP contribution in [-0.2, 0) is 5.41 Å². The van der Waals surface area contributed by atoms with Crippen molar-refractivity contribution in [3.63, 3.8) is 0 Å². The molecule has 1 aliphatic heterocycles. The van der Waals surface area contributed by atoms with Gasteiger partial charge in [0.1, 0.15) is 0 Å². The van der Waals surface area contributed by atoms with Gasteiger partial charge in [0, 0.05) is 5.41 Å². The monoisotopic (exact) mass is 213 g/mol. The number of benzene rings is 1. The smallest absolute Gasteiger partial charge is 0.0165 e. The van der Waals surface area contributed by atoms with Crippen LogP contribution >= 0.6 is 0 Å². The normalized spacial score (nSPS) is 22.6. The zero-order chi connectivity index (χ0) is 11.0. The highest BCUT2D eigenvalue weighted by Crippen LogP contribution is 2.43. The molecule has 1 saturated heterocycles. The zero-order valence-electron chi connectivity index (χ0n) is 9.95. The number of likely N-dealkylation sites (tertiary alicyclic amines) is 1. The van der Waals surface area contributed by atoms with Crippen LogP contribution in [-0.4, -0.2) is 24.5 Å². The number of piperidine rings is 1. The van der Waals surface area contributed by atoms with E-state index in [1.165, 1.54) is 38.0 Å². The molecule has 1 spiro atoms. The van der Waals surface area contributed by atoms with Gasteiger partial charge in [0.15, 0.2) is 0 Å². The summed E-state index contributed by atoms with van der Waals surface area (Å²) in [7, 11) is 0. The van der Waals surface area contributed by atoms with Crippen molar-refractivity contribution in [1.29, 1.82) is 0 Å². The summed E-state index contributed by atoms with van der Waals surface area (Å²) >= 11 is 0. The summed E-state index contributed by atoms with van der Waals surface area (Å²) in [5, 5.41) is 0. The molecule has 0 aromatic heterocycles. The molecule has 1 aromatic rings. The molecule has 2 aliphatic rings. The van der Waals surface area contributed by atoms with Crippen molar-refractivity contribution in [2.45, 2.75) is 25.2 Å². The number of fused-ring (bicyclic) bond motifs is 2. The molecule has 0 unspecified atom stereocenters. The van der Waals surface area contributed by atoms with E-state index in [-0.39, 0.29) is 0 Å². The molecule has 1 nitrogen and oxygen atoms in total. The highest BCUT2D eigenvalue weighted by Gasteiger charge is 2.37. The molecule has 1 aromatic carbocycles. The minimum absolute atomic E-state index is 0.363. The maximum absolute atomic E-state index is 2.56. The van der Waals surface area contributed by atoms with Gasteiger partial charge in [-0.05, 0) is 43.6 Å². The average molecular weight is 213 g/mol. The summed E-state index contributed by atoms with van der Waals surface area (Å²) in [6.45, 7) is 5.95. The Kier molecular flexibility index (Phi) is 2.36. The molecule has 1 heterocycles. The highest BCUT2D eigenvalue weighted by atomic mass is 15.1. The second kappa shape index (κ2) is 3.74. The number of hydrogen-bond acceptors (Lipinski definition) is 1. The van der Waals surface area contributed by atoms with Crippen molar-refractivity contribution >= 4 is 6.08 Å². The molecule has 0 bridgehead atoms. The molecular formula is C15H19N. The van der Waals surface area contributed by atoms with E-state index in [4.69, 9.17) is 0 Å². The first kappa shape index (κ1) is 10.1. The van der Waals surface area contributed by atoms with Gasteiger partial charge < -0.3 is 4.90 Å². The third-order valence-electron chi connectivity index (χ3n) is 4.27. The van der Waals surface area contributed by atoms with E-state index < -0.39 is 0 Å². The molecule has 1 aliphatic carbocycles. The van der Waals surface area contributed by atoms with Crippen LogP contribution in [0, 0.1) is 0 Å². The lowest BCUT2D eigenvalue weighted by Gasteiger charge is -2.38. The van der Waals surface area contributed by atoms with E-state index in [0.29, 0.717) is 5.41 Å². The standard InChI is InChI=1S/C15H19N/c1-2-16-11-9-15(10-12-16)8-7-13-5-3-4-6-14(13)15/h3-8H,2,9-12H2,1H3. The zero-order valence-corrected chi connectivity index (χ0v) is 9.95. The van der Waals surface area contributed by atoms with Crippen molar-refractivity contribution in [2.75, 3.05) is 19.6 Å². The second-order valence-electron chi connectivity index (χ2n) is 5.01. The van der Waals surface area contributed by atoms with Crippen LogP contribution in [0.4, 0.5) is 0 Å². The third kappa shape index (κ3) is 1.42. The lowest BCUT2D eigenvalue weighted by Crippen LogP contribution is -2.40. The molecule has 84 valence electrons. The van der Waals surface area contributed by atoms with Gasteiger partial charge in [-0.3, -0.25) is 0 Å². The number of nitrogens with zero attached hydrogens (tertiary/aromatic N) is 1. The molecule has 1 heteroatoms. The van der Waals surface area contributed by atoms with E-state index >= 15 is 0 Å². The van der Waals surface area contributed by atoms with Gasteiger partial charge in [0.2, 0.25) is 0 Å². The molecule has 1 fully saturated rings. The molecular weight excluding hydrogens is 194 g/mol. The summed E-state index contributed by atoms with van der Waals surface area (Å²) in [5.41, 5.74) is 3.36. The molecule has 16 heavy (non-hydrogen) atoms. The molecule has 0 saturated carbocycles. The first-order valence-electron chi connectivity index (χ1n) is 6.35. The van der Waals surface area contributed by atoms with E-state index in [1.807, 2.05) is 0 Å². The fourth-order valence-corrected chi connectivity index (χ4v) is 3.14. The highest BCUT2D eigenvalue weighted by molar-refractivity contribution is 5.65. The Bertz CT molecular complexity index is 411. The van der Waals surface area contributed by atoms with Crippen molar-refractivity contribution in [1.82, 2.24) is 4.90 Å². The lowest BCUT2D eigenvalue weighted by molar-refractivity contribution is 0.192. The Morgan fingerprint density at radius 3 is 2.69 bits per heavy atom. The quantitative estimate of drug-likeness (QED) is 0.693. The van der Waals surface area contributed by atoms with Crippen molar-refractivity contribution < 1.29 is 0 Å². The third-order valence-corrected chi connectivity index (χ3v) is 4.27.